The Labute approximate surface area is 122 Å². The molecule has 8 heteroatoms. The molecule has 0 aromatic heterocycles. The number of carbonyl (C=O) groups is 1. The van der Waals surface area contributed by atoms with Crippen molar-refractivity contribution in [3.8, 4) is 5.75 Å². The van der Waals surface area contributed by atoms with Crippen LogP contribution in [0.4, 0.5) is 18.9 Å². The summed E-state index contributed by atoms with van der Waals surface area (Å²) >= 11 is 2.95. The summed E-state index contributed by atoms with van der Waals surface area (Å²) in [6, 6.07) is 3.76. The van der Waals surface area contributed by atoms with E-state index in [1.807, 2.05) is 0 Å². The van der Waals surface area contributed by atoms with Gasteiger partial charge in [0.2, 0.25) is 5.91 Å². The normalized spacial score (nSPS) is 11.0. The SMILES string of the molecule is C=CCNCC(=O)Nc1ccc(OC(F)(F)F)c(Br)c1. The highest BCUT2D eigenvalue weighted by Crippen LogP contribution is 2.32. The average molecular weight is 353 g/mol. The first kappa shape index (κ1) is 16.5. The van der Waals surface area contributed by atoms with Crippen molar-refractivity contribution >= 4 is 27.5 Å². The largest absolute Gasteiger partial charge is 0.573 e. The molecule has 1 aromatic carbocycles. The lowest BCUT2D eigenvalue weighted by atomic mass is 10.3. The lowest BCUT2D eigenvalue weighted by Gasteiger charge is -2.12. The van der Waals surface area contributed by atoms with E-state index in [4.69, 9.17) is 0 Å². The molecule has 0 aliphatic heterocycles. The Morgan fingerprint density at radius 2 is 2.15 bits per heavy atom. The molecule has 4 nitrogen and oxygen atoms in total. The van der Waals surface area contributed by atoms with Gasteiger partial charge in [-0.25, -0.2) is 0 Å². The van der Waals surface area contributed by atoms with Gasteiger partial charge in [0.1, 0.15) is 5.75 Å². The first-order valence-corrected chi connectivity index (χ1v) is 6.28. The van der Waals surface area contributed by atoms with Crippen LogP contribution in [0.1, 0.15) is 0 Å². The highest BCUT2D eigenvalue weighted by molar-refractivity contribution is 9.10. The van der Waals surface area contributed by atoms with Crippen LogP contribution in [0, 0.1) is 0 Å². The van der Waals surface area contributed by atoms with Gasteiger partial charge in [-0.2, -0.15) is 0 Å². The van der Waals surface area contributed by atoms with Crippen molar-refractivity contribution in [3.63, 3.8) is 0 Å². The highest BCUT2D eigenvalue weighted by atomic mass is 79.9. The van der Waals surface area contributed by atoms with Crippen molar-refractivity contribution in [1.82, 2.24) is 5.32 Å². The summed E-state index contributed by atoms with van der Waals surface area (Å²) in [5.74, 6) is -0.691. The first-order valence-electron chi connectivity index (χ1n) is 5.48. The Hall–Kier alpha value is -1.54. The first-order chi connectivity index (χ1) is 9.31. The monoisotopic (exact) mass is 352 g/mol. The van der Waals surface area contributed by atoms with E-state index in [1.165, 1.54) is 12.1 Å². The van der Waals surface area contributed by atoms with Gasteiger partial charge in [0.15, 0.2) is 0 Å². The number of anilines is 1. The summed E-state index contributed by atoms with van der Waals surface area (Å²) in [6.07, 6.45) is -3.16. The van der Waals surface area contributed by atoms with Crippen LogP contribution >= 0.6 is 15.9 Å². The summed E-state index contributed by atoms with van der Waals surface area (Å²) in [5, 5.41) is 5.33. The lowest BCUT2D eigenvalue weighted by molar-refractivity contribution is -0.274. The molecule has 0 saturated carbocycles. The van der Waals surface area contributed by atoms with Crippen LogP contribution in [0.2, 0.25) is 0 Å². The van der Waals surface area contributed by atoms with E-state index in [-0.39, 0.29) is 22.7 Å². The minimum atomic E-state index is -4.76. The molecule has 20 heavy (non-hydrogen) atoms. The van der Waals surface area contributed by atoms with E-state index in [1.54, 1.807) is 6.08 Å². The third kappa shape index (κ3) is 6.07. The molecule has 0 aliphatic carbocycles. The second kappa shape index (κ2) is 7.30. The van der Waals surface area contributed by atoms with Gasteiger partial charge >= 0.3 is 6.36 Å². The van der Waals surface area contributed by atoms with Crippen molar-refractivity contribution in [1.29, 1.82) is 0 Å². The van der Waals surface area contributed by atoms with Gasteiger partial charge in [0.25, 0.3) is 0 Å². The molecule has 0 fully saturated rings. The predicted octanol–water partition coefficient (Wildman–Crippen LogP) is 3.06. The molecule has 0 unspecified atom stereocenters. The Bertz CT molecular complexity index is 492. The standard InChI is InChI=1S/C12H12BrF3N2O2/c1-2-5-17-7-11(19)18-8-3-4-10(9(13)6-8)20-12(14,15)16/h2-4,6,17H,1,5,7H2,(H,18,19). The number of ether oxygens (including phenoxy) is 1. The number of alkyl halides is 3. The fourth-order valence-corrected chi connectivity index (χ4v) is 1.74. The molecule has 1 amide bonds. The number of benzene rings is 1. The van der Waals surface area contributed by atoms with Crippen molar-refractivity contribution in [3.05, 3.63) is 35.3 Å². The average Bonchev–Trinajstić information content (AvgIpc) is 2.31. The number of rotatable bonds is 6. The van der Waals surface area contributed by atoms with Crippen LogP contribution in [0.25, 0.3) is 0 Å². The highest BCUT2D eigenvalue weighted by Gasteiger charge is 2.31. The van der Waals surface area contributed by atoms with Crippen molar-refractivity contribution < 1.29 is 22.7 Å². The lowest BCUT2D eigenvalue weighted by Crippen LogP contribution is -2.28. The Morgan fingerprint density at radius 1 is 1.45 bits per heavy atom. The second-order valence-corrected chi connectivity index (χ2v) is 4.52. The van der Waals surface area contributed by atoms with Crippen LogP contribution in [0.15, 0.2) is 35.3 Å². The van der Waals surface area contributed by atoms with Gasteiger partial charge in [0.05, 0.1) is 11.0 Å². The number of amides is 1. The van der Waals surface area contributed by atoms with E-state index in [2.05, 4.69) is 37.9 Å². The predicted molar refractivity (Wildman–Crippen MR) is 72.5 cm³/mol. The zero-order valence-corrected chi connectivity index (χ0v) is 11.8. The second-order valence-electron chi connectivity index (χ2n) is 3.66. The maximum absolute atomic E-state index is 12.1. The van der Waals surface area contributed by atoms with Crippen molar-refractivity contribution in [2.45, 2.75) is 6.36 Å². The number of halogens is 4. The van der Waals surface area contributed by atoms with Gasteiger partial charge < -0.3 is 15.4 Å². The zero-order valence-electron chi connectivity index (χ0n) is 10.3. The van der Waals surface area contributed by atoms with E-state index in [0.717, 1.165) is 6.07 Å². The summed E-state index contributed by atoms with van der Waals surface area (Å²) in [7, 11) is 0. The van der Waals surface area contributed by atoms with E-state index in [9.17, 15) is 18.0 Å². The molecule has 110 valence electrons. The van der Waals surface area contributed by atoms with Crippen LogP contribution < -0.4 is 15.4 Å². The fraction of sp³-hybridized carbons (Fsp3) is 0.250. The Morgan fingerprint density at radius 3 is 2.70 bits per heavy atom. The van der Waals surface area contributed by atoms with E-state index < -0.39 is 6.36 Å². The topological polar surface area (TPSA) is 50.4 Å². The van der Waals surface area contributed by atoms with E-state index >= 15 is 0 Å². The molecule has 0 radical (unpaired) electrons. The smallest absolute Gasteiger partial charge is 0.405 e. The molecule has 0 spiro atoms. The summed E-state index contributed by atoms with van der Waals surface area (Å²) < 4.78 is 40.1. The molecule has 0 atom stereocenters. The van der Waals surface area contributed by atoms with Crippen molar-refractivity contribution in [2.75, 3.05) is 18.4 Å². The molecular formula is C12H12BrF3N2O2. The maximum atomic E-state index is 12.1. The zero-order chi connectivity index (χ0) is 15.2. The third-order valence-corrected chi connectivity index (χ3v) is 2.64. The third-order valence-electron chi connectivity index (χ3n) is 2.02. The summed E-state index contributed by atoms with van der Waals surface area (Å²) in [5.41, 5.74) is 0.358. The molecule has 0 saturated heterocycles. The van der Waals surface area contributed by atoms with Gasteiger partial charge in [-0.1, -0.05) is 6.08 Å². The van der Waals surface area contributed by atoms with Gasteiger partial charge in [-0.05, 0) is 34.1 Å². The van der Waals surface area contributed by atoms with Crippen LogP contribution in [0.5, 0.6) is 5.75 Å². The van der Waals surface area contributed by atoms with Gasteiger partial charge in [0, 0.05) is 12.2 Å². The number of carbonyl (C=O) groups excluding carboxylic acids is 1. The van der Waals surface area contributed by atoms with Crippen LogP contribution in [0.3, 0.4) is 0 Å². The van der Waals surface area contributed by atoms with Crippen LogP contribution in [-0.2, 0) is 4.79 Å². The quantitative estimate of drug-likeness (QED) is 0.611. The maximum Gasteiger partial charge on any atom is 0.573 e. The fourth-order valence-electron chi connectivity index (χ4n) is 1.28. The number of hydrogen-bond acceptors (Lipinski definition) is 3. The van der Waals surface area contributed by atoms with Crippen LogP contribution in [-0.4, -0.2) is 25.4 Å². The molecule has 0 heterocycles. The summed E-state index contributed by atoms with van der Waals surface area (Å²) in [6.45, 7) is 4.04. The Kier molecular flexibility index (Phi) is 6.03. The molecule has 1 rings (SSSR count). The minimum Gasteiger partial charge on any atom is -0.405 e. The van der Waals surface area contributed by atoms with Crippen molar-refractivity contribution in [2.24, 2.45) is 0 Å². The molecular weight excluding hydrogens is 341 g/mol. The van der Waals surface area contributed by atoms with E-state index in [0.29, 0.717) is 12.2 Å². The molecule has 1 aromatic rings. The molecule has 2 N–H and O–H groups in total. The number of hydrogen-bond donors (Lipinski definition) is 2. The molecule has 0 aliphatic rings. The van der Waals surface area contributed by atoms with Gasteiger partial charge in [-0.15, -0.1) is 19.8 Å². The Balaban J connectivity index is 2.63. The summed E-state index contributed by atoms with van der Waals surface area (Å²) in [4.78, 5) is 11.5. The minimum absolute atomic E-state index is 0.0739. The number of nitrogens with one attached hydrogen (secondary N) is 2. The van der Waals surface area contributed by atoms with Gasteiger partial charge in [-0.3, -0.25) is 4.79 Å². The molecule has 0 bridgehead atoms.